The molecule has 0 unspecified atom stereocenters. The number of hydrogen-bond donors (Lipinski definition) is 1. The molecule has 6 nitrogen and oxygen atoms in total. The van der Waals surface area contributed by atoms with Crippen molar-refractivity contribution in [1.82, 2.24) is 15.1 Å². The molecule has 0 aromatic carbocycles. The number of rotatable bonds is 4. The zero-order chi connectivity index (χ0) is 13.0. The number of nitrogens with one attached hydrogen (secondary N) is 1. The molecule has 1 aliphatic rings. The van der Waals surface area contributed by atoms with Crippen LogP contribution in [-0.2, 0) is 14.4 Å². The van der Waals surface area contributed by atoms with Gasteiger partial charge in [0.15, 0.2) is 0 Å². The maximum atomic E-state index is 11.6. The summed E-state index contributed by atoms with van der Waals surface area (Å²) in [6, 6.07) is -0.560. The first kappa shape index (κ1) is 13.5. The van der Waals surface area contributed by atoms with Crippen molar-refractivity contribution in [3.05, 3.63) is 0 Å². The lowest BCUT2D eigenvalue weighted by Gasteiger charge is -2.20. The molecule has 0 aliphatic carbocycles. The third-order valence-electron chi connectivity index (χ3n) is 2.69. The van der Waals surface area contributed by atoms with Crippen LogP contribution in [0.4, 0.5) is 0 Å². The summed E-state index contributed by atoms with van der Waals surface area (Å²) in [5.74, 6) is -0.444. The summed E-state index contributed by atoms with van der Waals surface area (Å²) in [4.78, 5) is 37.4. The van der Waals surface area contributed by atoms with Gasteiger partial charge in [0.1, 0.15) is 6.04 Å². The molecule has 3 amide bonds. The summed E-state index contributed by atoms with van der Waals surface area (Å²) >= 11 is 0. The fourth-order valence-corrected chi connectivity index (χ4v) is 1.78. The lowest BCUT2D eigenvalue weighted by atomic mass is 10.3. The van der Waals surface area contributed by atoms with E-state index in [1.807, 2.05) is 0 Å². The third kappa shape index (κ3) is 3.72. The second-order valence-corrected chi connectivity index (χ2v) is 4.44. The third-order valence-corrected chi connectivity index (χ3v) is 2.69. The smallest absolute Gasteiger partial charge is 0.244 e. The van der Waals surface area contributed by atoms with Crippen LogP contribution in [0.25, 0.3) is 0 Å². The van der Waals surface area contributed by atoms with Crippen molar-refractivity contribution in [1.29, 1.82) is 0 Å². The van der Waals surface area contributed by atoms with Crippen molar-refractivity contribution in [3.8, 4) is 0 Å². The van der Waals surface area contributed by atoms with E-state index in [-0.39, 0.29) is 24.3 Å². The number of hydrogen-bond acceptors (Lipinski definition) is 3. The Labute approximate surface area is 101 Å². The van der Waals surface area contributed by atoms with E-state index >= 15 is 0 Å². The fourth-order valence-electron chi connectivity index (χ4n) is 1.78. The van der Waals surface area contributed by atoms with E-state index in [2.05, 4.69) is 5.32 Å². The van der Waals surface area contributed by atoms with E-state index in [1.165, 1.54) is 9.80 Å². The second kappa shape index (κ2) is 5.65. The van der Waals surface area contributed by atoms with Crippen LogP contribution in [0.15, 0.2) is 0 Å². The van der Waals surface area contributed by atoms with E-state index in [4.69, 9.17) is 0 Å². The van der Waals surface area contributed by atoms with Crippen LogP contribution in [-0.4, -0.2) is 60.7 Å². The fraction of sp³-hybridized carbons (Fsp3) is 0.727. The second-order valence-electron chi connectivity index (χ2n) is 4.44. The van der Waals surface area contributed by atoms with E-state index in [1.54, 1.807) is 21.0 Å². The molecule has 1 fully saturated rings. The van der Waals surface area contributed by atoms with Crippen LogP contribution >= 0.6 is 0 Å². The van der Waals surface area contributed by atoms with Gasteiger partial charge in [-0.1, -0.05) is 0 Å². The molecule has 0 aromatic rings. The Balaban J connectivity index is 2.39. The minimum absolute atomic E-state index is 0.00624. The highest BCUT2D eigenvalue weighted by atomic mass is 16.2. The molecule has 0 saturated carbocycles. The van der Waals surface area contributed by atoms with Crippen LogP contribution in [0.2, 0.25) is 0 Å². The predicted molar refractivity (Wildman–Crippen MR) is 62.1 cm³/mol. The highest BCUT2D eigenvalue weighted by Crippen LogP contribution is 2.08. The lowest BCUT2D eigenvalue weighted by Crippen LogP contribution is -2.47. The summed E-state index contributed by atoms with van der Waals surface area (Å²) in [7, 11) is 3.27. The van der Waals surface area contributed by atoms with Gasteiger partial charge in [0.25, 0.3) is 0 Å². The molecule has 0 spiro atoms. The molecule has 1 saturated heterocycles. The molecular formula is C11H19N3O3. The molecule has 1 N–H and O–H groups in total. The number of carbonyl (C=O) groups is 3. The van der Waals surface area contributed by atoms with Crippen LogP contribution in [0.3, 0.4) is 0 Å². The van der Waals surface area contributed by atoms with Gasteiger partial charge in [-0.25, -0.2) is 0 Å². The summed E-state index contributed by atoms with van der Waals surface area (Å²) in [5.41, 5.74) is 0. The number of amides is 3. The Morgan fingerprint density at radius 2 is 2.12 bits per heavy atom. The molecule has 0 radical (unpaired) electrons. The minimum Gasteiger partial charge on any atom is -0.347 e. The highest BCUT2D eigenvalue weighted by molar-refractivity contribution is 5.90. The summed E-state index contributed by atoms with van der Waals surface area (Å²) in [5, 5.41) is 2.58. The van der Waals surface area contributed by atoms with Crippen molar-refractivity contribution < 1.29 is 14.4 Å². The molecule has 1 rings (SSSR count). The Kier molecular flexibility index (Phi) is 4.48. The monoisotopic (exact) mass is 241 g/mol. The van der Waals surface area contributed by atoms with Gasteiger partial charge < -0.3 is 15.1 Å². The Morgan fingerprint density at radius 1 is 1.47 bits per heavy atom. The molecular weight excluding hydrogens is 222 g/mol. The van der Waals surface area contributed by atoms with Crippen molar-refractivity contribution >= 4 is 17.7 Å². The number of likely N-dealkylation sites (N-methyl/N-ethyl adjacent to an activating group) is 1. The largest absolute Gasteiger partial charge is 0.347 e. The van der Waals surface area contributed by atoms with Gasteiger partial charge in [0.05, 0.1) is 6.54 Å². The topological polar surface area (TPSA) is 69.7 Å². The lowest BCUT2D eigenvalue weighted by molar-refractivity contribution is -0.136. The van der Waals surface area contributed by atoms with E-state index in [0.717, 1.165) is 6.42 Å². The molecule has 0 aromatic heterocycles. The van der Waals surface area contributed by atoms with Crippen molar-refractivity contribution in [2.45, 2.75) is 25.8 Å². The first-order chi connectivity index (χ1) is 7.91. The van der Waals surface area contributed by atoms with Gasteiger partial charge in [0.2, 0.25) is 17.7 Å². The van der Waals surface area contributed by atoms with Gasteiger partial charge in [-0.2, -0.15) is 0 Å². The SMILES string of the molecule is C[C@@H](NC(=O)CN1CCCC1=O)C(=O)N(C)C. The summed E-state index contributed by atoms with van der Waals surface area (Å²) in [6.45, 7) is 2.30. The van der Waals surface area contributed by atoms with E-state index in [9.17, 15) is 14.4 Å². The molecule has 0 bridgehead atoms. The molecule has 6 heteroatoms. The van der Waals surface area contributed by atoms with Crippen LogP contribution in [0.1, 0.15) is 19.8 Å². The normalized spacial score (nSPS) is 16.9. The summed E-state index contributed by atoms with van der Waals surface area (Å²) < 4.78 is 0. The van der Waals surface area contributed by atoms with E-state index < -0.39 is 6.04 Å². The van der Waals surface area contributed by atoms with Gasteiger partial charge >= 0.3 is 0 Å². The molecule has 1 heterocycles. The first-order valence-corrected chi connectivity index (χ1v) is 5.70. The standard InChI is InChI=1S/C11H19N3O3/c1-8(11(17)13(2)3)12-9(15)7-14-6-4-5-10(14)16/h8H,4-7H2,1-3H3,(H,12,15)/t8-/m1/s1. The number of likely N-dealkylation sites (tertiary alicyclic amines) is 1. The maximum Gasteiger partial charge on any atom is 0.244 e. The molecule has 1 atom stereocenters. The number of carbonyl (C=O) groups excluding carboxylic acids is 3. The highest BCUT2D eigenvalue weighted by Gasteiger charge is 2.24. The Morgan fingerprint density at radius 3 is 2.59 bits per heavy atom. The maximum absolute atomic E-state index is 11.6. The zero-order valence-corrected chi connectivity index (χ0v) is 10.5. The Bertz CT molecular complexity index is 328. The van der Waals surface area contributed by atoms with Gasteiger partial charge in [0, 0.05) is 27.1 Å². The average Bonchev–Trinajstić information content (AvgIpc) is 2.62. The minimum atomic E-state index is -0.560. The summed E-state index contributed by atoms with van der Waals surface area (Å²) in [6.07, 6.45) is 1.32. The molecule has 1 aliphatic heterocycles. The van der Waals surface area contributed by atoms with E-state index in [0.29, 0.717) is 13.0 Å². The quantitative estimate of drug-likeness (QED) is 0.700. The van der Waals surface area contributed by atoms with Gasteiger partial charge in [-0.3, -0.25) is 14.4 Å². The van der Waals surface area contributed by atoms with Gasteiger partial charge in [-0.05, 0) is 13.3 Å². The Hall–Kier alpha value is -1.59. The number of nitrogens with zero attached hydrogens (tertiary/aromatic N) is 2. The average molecular weight is 241 g/mol. The van der Waals surface area contributed by atoms with Crippen molar-refractivity contribution in [3.63, 3.8) is 0 Å². The molecule has 96 valence electrons. The van der Waals surface area contributed by atoms with Crippen molar-refractivity contribution in [2.24, 2.45) is 0 Å². The zero-order valence-electron chi connectivity index (χ0n) is 10.5. The molecule has 17 heavy (non-hydrogen) atoms. The van der Waals surface area contributed by atoms with Crippen LogP contribution in [0.5, 0.6) is 0 Å². The van der Waals surface area contributed by atoms with Gasteiger partial charge in [-0.15, -0.1) is 0 Å². The van der Waals surface area contributed by atoms with Crippen LogP contribution < -0.4 is 5.32 Å². The predicted octanol–water partition coefficient (Wildman–Crippen LogP) is -0.798. The van der Waals surface area contributed by atoms with Crippen molar-refractivity contribution in [2.75, 3.05) is 27.2 Å². The first-order valence-electron chi connectivity index (χ1n) is 5.70. The van der Waals surface area contributed by atoms with Crippen LogP contribution in [0, 0.1) is 0 Å².